The van der Waals surface area contributed by atoms with Crippen LogP contribution in [0.1, 0.15) is 45.4 Å². The number of hydrogen-bond donors (Lipinski definition) is 0. The van der Waals surface area contributed by atoms with Crippen molar-refractivity contribution in [2.75, 3.05) is 0 Å². The minimum Gasteiger partial charge on any atom is -0.413 e. The molecule has 0 unspecified atom stereocenters. The fraction of sp³-hybridized carbons (Fsp3) is 0.900. The molecule has 3 nitrogen and oxygen atoms in total. The lowest BCUT2D eigenvalue weighted by Gasteiger charge is -2.20. The summed E-state index contributed by atoms with van der Waals surface area (Å²) in [6.07, 6.45) is 6.76. The van der Waals surface area contributed by atoms with Gasteiger partial charge in [-0.1, -0.05) is 39.0 Å². The van der Waals surface area contributed by atoms with Gasteiger partial charge in [0.15, 0.2) is 0 Å². The van der Waals surface area contributed by atoms with E-state index in [-0.39, 0.29) is 6.10 Å². The van der Waals surface area contributed by atoms with Gasteiger partial charge in [-0.05, 0) is 6.42 Å². The molecule has 0 aromatic carbocycles. The Bertz CT molecular complexity index is 156. The third-order valence-electron chi connectivity index (χ3n) is 2.38. The van der Waals surface area contributed by atoms with Crippen molar-refractivity contribution in [3.8, 4) is 0 Å². The molecule has 0 aromatic rings. The average Bonchev–Trinajstić information content (AvgIpc) is 2.27. The summed E-state index contributed by atoms with van der Waals surface area (Å²) in [5.41, 5.74) is 0. The van der Waals surface area contributed by atoms with Crippen molar-refractivity contribution in [3.05, 3.63) is 0 Å². The van der Waals surface area contributed by atoms with E-state index in [2.05, 4.69) is 27.9 Å². The highest BCUT2D eigenvalue weighted by atomic mass is 28.2. The smallest absolute Gasteiger partial charge is 0.247 e. The largest absolute Gasteiger partial charge is 0.413 e. The van der Waals surface area contributed by atoms with Crippen LogP contribution in [0.3, 0.4) is 0 Å². The maximum Gasteiger partial charge on any atom is 0.247 e. The zero-order valence-electron chi connectivity index (χ0n) is 9.20. The number of carbonyl (C=O) groups excluding carboxylic acids is 1. The molecule has 0 aliphatic rings. The predicted octanol–water partition coefficient (Wildman–Crippen LogP) is 1.48. The molecule has 0 fully saturated rings. The molecule has 0 amide bonds. The number of rotatable bonds is 10. The van der Waals surface area contributed by atoms with Crippen molar-refractivity contribution in [3.63, 3.8) is 0 Å². The first-order valence-corrected chi connectivity index (χ1v) is 6.21. The number of hydrogen-bond acceptors (Lipinski definition) is 3. The van der Waals surface area contributed by atoms with Crippen LogP contribution in [0, 0.1) is 0 Å². The molecule has 0 rings (SSSR count). The van der Waals surface area contributed by atoms with Crippen molar-refractivity contribution in [1.82, 2.24) is 0 Å². The summed E-state index contributed by atoms with van der Waals surface area (Å²) in [6, 6.07) is 0. The van der Waals surface area contributed by atoms with Crippen LogP contribution >= 0.6 is 0 Å². The number of aldehydes is 1. The quantitative estimate of drug-likeness (QED) is 0.331. The van der Waals surface area contributed by atoms with E-state index in [1.165, 1.54) is 25.7 Å². The molecule has 0 aliphatic carbocycles. The molecule has 0 heterocycles. The van der Waals surface area contributed by atoms with Gasteiger partial charge in [0.1, 0.15) is 12.4 Å². The van der Waals surface area contributed by atoms with Crippen molar-refractivity contribution in [2.24, 2.45) is 0 Å². The zero-order chi connectivity index (χ0) is 11.5. The average molecular weight is 242 g/mol. The number of unbranched alkanes of at least 4 members (excludes halogenated alkanes) is 4. The summed E-state index contributed by atoms with van der Waals surface area (Å²) in [5, 5.41) is 0. The SMILES string of the molecule is CCCCCCC[C@@H](O[Si])[C@H](C=O)O[Si]. The summed E-state index contributed by atoms with van der Waals surface area (Å²) in [5.74, 6) is 0. The van der Waals surface area contributed by atoms with Crippen LogP contribution in [0.5, 0.6) is 0 Å². The van der Waals surface area contributed by atoms with Crippen LogP contribution in [0.15, 0.2) is 0 Å². The maximum absolute atomic E-state index is 10.6. The van der Waals surface area contributed by atoms with E-state index in [1.54, 1.807) is 0 Å². The second kappa shape index (κ2) is 10.5. The molecular formula is C10H18O3Si2. The standard InChI is InChI=1S/C10H18O3Si2/c1-2-3-4-5-6-7-9(12-14)10(8-11)13-15/h8-10H,2-7H2,1H3/t9-,10+/m1/s1. The lowest BCUT2D eigenvalue weighted by Crippen LogP contribution is -2.32. The Morgan fingerprint density at radius 1 is 1.13 bits per heavy atom. The minimum absolute atomic E-state index is 0.224. The predicted molar refractivity (Wildman–Crippen MR) is 60.7 cm³/mol. The van der Waals surface area contributed by atoms with Crippen LogP contribution in [-0.4, -0.2) is 39.5 Å². The van der Waals surface area contributed by atoms with Crippen molar-refractivity contribution in [2.45, 2.75) is 57.7 Å². The molecule has 0 spiro atoms. The monoisotopic (exact) mass is 242 g/mol. The fourth-order valence-electron chi connectivity index (χ4n) is 1.43. The van der Waals surface area contributed by atoms with E-state index >= 15 is 0 Å². The zero-order valence-corrected chi connectivity index (χ0v) is 11.2. The first kappa shape index (κ1) is 15.0. The van der Waals surface area contributed by atoms with Gasteiger partial charge in [0.05, 0.1) is 6.10 Å². The van der Waals surface area contributed by atoms with Crippen molar-refractivity contribution < 1.29 is 13.6 Å². The van der Waals surface area contributed by atoms with Gasteiger partial charge in [-0.3, -0.25) is 0 Å². The van der Waals surface area contributed by atoms with Gasteiger partial charge >= 0.3 is 0 Å². The molecule has 0 bridgehead atoms. The second-order valence-corrected chi connectivity index (χ2v) is 4.05. The van der Waals surface area contributed by atoms with E-state index < -0.39 is 6.10 Å². The molecule has 2 atom stereocenters. The summed E-state index contributed by atoms with van der Waals surface area (Å²) in [4.78, 5) is 10.6. The minimum atomic E-state index is -0.551. The Balaban J connectivity index is 3.64. The Morgan fingerprint density at radius 2 is 1.80 bits per heavy atom. The first-order chi connectivity index (χ1) is 7.29. The molecule has 0 saturated carbocycles. The van der Waals surface area contributed by atoms with Crippen LogP contribution in [0.25, 0.3) is 0 Å². The summed E-state index contributed by atoms with van der Waals surface area (Å²) in [7, 11) is 5.84. The number of carbonyl (C=O) groups is 1. The second-order valence-electron chi connectivity index (χ2n) is 3.58. The highest BCUT2D eigenvalue weighted by Gasteiger charge is 2.18. The van der Waals surface area contributed by atoms with Gasteiger partial charge in [0.2, 0.25) is 21.0 Å². The van der Waals surface area contributed by atoms with Gasteiger partial charge in [0, 0.05) is 0 Å². The first-order valence-electron chi connectivity index (χ1n) is 5.40. The van der Waals surface area contributed by atoms with E-state index in [0.717, 1.165) is 19.1 Å². The third kappa shape index (κ3) is 7.00. The highest BCUT2D eigenvalue weighted by Crippen LogP contribution is 2.12. The van der Waals surface area contributed by atoms with Crippen molar-refractivity contribution >= 4 is 27.3 Å². The molecule has 0 aromatic heterocycles. The lowest BCUT2D eigenvalue weighted by molar-refractivity contribution is -0.117. The Hall–Kier alpha value is 0.0238. The molecule has 6 radical (unpaired) electrons. The van der Waals surface area contributed by atoms with E-state index in [9.17, 15) is 4.79 Å². The molecule has 84 valence electrons. The van der Waals surface area contributed by atoms with Gasteiger partial charge in [0.25, 0.3) is 0 Å². The van der Waals surface area contributed by atoms with Gasteiger partial charge in [-0.25, -0.2) is 0 Å². The summed E-state index contributed by atoms with van der Waals surface area (Å²) >= 11 is 0. The van der Waals surface area contributed by atoms with Gasteiger partial charge in [-0.15, -0.1) is 0 Å². The van der Waals surface area contributed by atoms with Crippen LogP contribution in [-0.2, 0) is 13.6 Å². The Kier molecular flexibility index (Phi) is 10.6. The Labute approximate surface area is 99.0 Å². The molecule has 0 aliphatic heterocycles. The van der Waals surface area contributed by atoms with Crippen LogP contribution < -0.4 is 0 Å². The Morgan fingerprint density at radius 3 is 2.27 bits per heavy atom. The third-order valence-corrected chi connectivity index (χ3v) is 2.96. The van der Waals surface area contributed by atoms with Crippen LogP contribution in [0.2, 0.25) is 0 Å². The normalized spacial score (nSPS) is 14.9. The molecule has 15 heavy (non-hydrogen) atoms. The fourth-order valence-corrected chi connectivity index (χ4v) is 1.89. The maximum atomic E-state index is 10.6. The topological polar surface area (TPSA) is 35.5 Å². The molecule has 0 saturated heterocycles. The molecular weight excluding hydrogens is 224 g/mol. The highest BCUT2D eigenvalue weighted by molar-refractivity contribution is 5.99. The molecule has 5 heteroatoms. The van der Waals surface area contributed by atoms with Gasteiger partial charge < -0.3 is 13.6 Å². The van der Waals surface area contributed by atoms with E-state index in [4.69, 9.17) is 8.85 Å². The van der Waals surface area contributed by atoms with Crippen molar-refractivity contribution in [1.29, 1.82) is 0 Å². The summed E-state index contributed by atoms with van der Waals surface area (Å²) < 4.78 is 9.83. The van der Waals surface area contributed by atoms with E-state index in [1.807, 2.05) is 0 Å². The summed E-state index contributed by atoms with van der Waals surface area (Å²) in [6.45, 7) is 2.19. The molecule has 0 N–H and O–H groups in total. The van der Waals surface area contributed by atoms with Crippen LogP contribution in [0.4, 0.5) is 0 Å². The van der Waals surface area contributed by atoms with E-state index in [0.29, 0.717) is 0 Å². The lowest BCUT2D eigenvalue weighted by atomic mass is 10.1. The van der Waals surface area contributed by atoms with Gasteiger partial charge in [-0.2, -0.15) is 0 Å².